The summed E-state index contributed by atoms with van der Waals surface area (Å²) >= 11 is 0. The van der Waals surface area contributed by atoms with Gasteiger partial charge in [0.1, 0.15) is 23.9 Å². The molecule has 0 aliphatic carbocycles. The zero-order valence-electron chi connectivity index (χ0n) is 37.4. The maximum absolute atomic E-state index is 14.3. The Morgan fingerprint density at radius 2 is 1.60 bits per heavy atom. The highest BCUT2D eigenvalue weighted by molar-refractivity contribution is 5.88. The van der Waals surface area contributed by atoms with E-state index in [0.717, 1.165) is 0 Å². The van der Waals surface area contributed by atoms with Crippen LogP contribution in [0.2, 0.25) is 0 Å². The molecule has 3 aliphatic heterocycles. The molecule has 0 aromatic heterocycles. The number of carbonyl (C=O) groups is 1. The second-order valence-corrected chi connectivity index (χ2v) is 17.8. The third-order valence-corrected chi connectivity index (χ3v) is 12.7. The Morgan fingerprint density at radius 3 is 2.19 bits per heavy atom. The molecule has 0 bridgehead atoms. The highest BCUT2D eigenvalue weighted by Gasteiger charge is 2.53. The number of aliphatic hydroxyl groups is 5. The molecule has 0 spiro atoms. The summed E-state index contributed by atoms with van der Waals surface area (Å²) in [6, 6.07) is -0.324. The maximum Gasteiger partial charge on any atom is 0.311 e. The topological polar surface area (TPSA) is 220 Å². The SMILES string of the molecule is CCC1OC(=O)[C@H](C)C(O[C@H]2C[C@@](C)(OC)[C@@H](O)[C@H](C)O2)[C@H](C)[C@@H](O[C@@H]2O[C@H](C)C[C@H](N(C)C)[C@H]2O)[C@](C)(O)C[C@@H](C)/C(=N\OCOCCNC)[C@H](C)[C@@H](O)[C@]1(C)O. The molecule has 17 heteroatoms. The first kappa shape index (κ1) is 50.8. The first-order valence-corrected chi connectivity index (χ1v) is 20.9. The van der Waals surface area contributed by atoms with Crippen molar-refractivity contribution in [3.63, 3.8) is 0 Å². The Hall–Kier alpha value is -1.58. The van der Waals surface area contributed by atoms with Crippen molar-refractivity contribution in [2.45, 2.75) is 179 Å². The molecule has 18 atom stereocenters. The molecule has 17 nitrogen and oxygen atoms in total. The van der Waals surface area contributed by atoms with Gasteiger partial charge in [-0.1, -0.05) is 32.9 Å². The first-order chi connectivity index (χ1) is 27.0. The standard InChI is InChI=1S/C41H77N3O14/c1-15-29-41(10,50)34(46)24(4)31(43-53-21-52-17-16-42-11)22(2)19-39(8,49)36(58-38-32(45)28(44(12)13)18-23(3)54-38)25(5)33(26(6)37(48)56-29)57-30-20-40(9,51-14)35(47)27(7)55-30/h22-30,32-36,38,42,45-47,49-50H,15-21H2,1-14H3/b43-31+/t22-,23-,24+,25+,26-,27+,28+,29?,30+,32-,33?,34-,35+,36-,38+,39-,40-,41-/m1/s1. The Morgan fingerprint density at radius 1 is 0.948 bits per heavy atom. The van der Waals surface area contributed by atoms with Crippen molar-refractivity contribution in [3.05, 3.63) is 0 Å². The number of likely N-dealkylation sites (N-methyl/N-ethyl adjacent to an activating group) is 2. The molecule has 3 rings (SSSR count). The number of rotatable bonds is 13. The molecule has 3 heterocycles. The fraction of sp³-hybridized carbons (Fsp3) is 0.951. The lowest BCUT2D eigenvalue weighted by Crippen LogP contribution is -2.61. The van der Waals surface area contributed by atoms with Crippen molar-refractivity contribution in [1.29, 1.82) is 0 Å². The number of hydrogen-bond acceptors (Lipinski definition) is 17. The van der Waals surface area contributed by atoms with Crippen LogP contribution < -0.4 is 5.32 Å². The fourth-order valence-electron chi connectivity index (χ4n) is 8.96. The van der Waals surface area contributed by atoms with Gasteiger partial charge in [0, 0.05) is 43.9 Å². The van der Waals surface area contributed by atoms with Gasteiger partial charge in [0.05, 0.1) is 60.0 Å². The van der Waals surface area contributed by atoms with Gasteiger partial charge in [0.15, 0.2) is 12.6 Å². The number of oxime groups is 1. The molecule has 58 heavy (non-hydrogen) atoms. The van der Waals surface area contributed by atoms with Crippen molar-refractivity contribution >= 4 is 11.7 Å². The molecule has 3 aliphatic rings. The van der Waals surface area contributed by atoms with E-state index in [-0.39, 0.29) is 38.2 Å². The number of nitrogens with zero attached hydrogens (tertiary/aromatic N) is 2. The smallest absolute Gasteiger partial charge is 0.311 e. The van der Waals surface area contributed by atoms with E-state index in [1.807, 2.05) is 32.8 Å². The van der Waals surface area contributed by atoms with Crippen LogP contribution in [0.1, 0.15) is 94.9 Å². The van der Waals surface area contributed by atoms with Gasteiger partial charge in [-0.3, -0.25) is 4.79 Å². The van der Waals surface area contributed by atoms with Crippen LogP contribution in [0.5, 0.6) is 0 Å². The summed E-state index contributed by atoms with van der Waals surface area (Å²) in [6.45, 7) is 17.8. The van der Waals surface area contributed by atoms with Crippen LogP contribution in [0.4, 0.5) is 0 Å². The molecule has 0 aromatic rings. The van der Waals surface area contributed by atoms with Crippen LogP contribution in [0, 0.1) is 23.7 Å². The molecular formula is C41H77N3O14. The van der Waals surface area contributed by atoms with E-state index >= 15 is 0 Å². The monoisotopic (exact) mass is 836 g/mol. The summed E-state index contributed by atoms with van der Waals surface area (Å²) in [5, 5.41) is 66.6. The Bertz CT molecular complexity index is 1310. The number of carbonyl (C=O) groups excluding carboxylic acids is 1. The molecule has 3 saturated heterocycles. The average Bonchev–Trinajstić information content (AvgIpc) is 3.15. The van der Waals surface area contributed by atoms with Gasteiger partial charge in [-0.15, -0.1) is 0 Å². The van der Waals surface area contributed by atoms with Gasteiger partial charge in [0.2, 0.25) is 6.79 Å². The average molecular weight is 836 g/mol. The number of cyclic esters (lactones) is 1. The Labute approximate surface area is 346 Å². The van der Waals surface area contributed by atoms with Crippen LogP contribution in [-0.2, 0) is 42.8 Å². The predicted molar refractivity (Wildman–Crippen MR) is 215 cm³/mol. The van der Waals surface area contributed by atoms with E-state index in [0.29, 0.717) is 25.3 Å². The molecule has 340 valence electrons. The summed E-state index contributed by atoms with van der Waals surface area (Å²) < 4.78 is 43.2. The molecule has 3 fully saturated rings. The molecule has 2 unspecified atom stereocenters. The predicted octanol–water partition coefficient (Wildman–Crippen LogP) is 1.78. The number of esters is 1. The third kappa shape index (κ3) is 12.1. The Kier molecular flexibility index (Phi) is 18.8. The lowest BCUT2D eigenvalue weighted by Gasteiger charge is -2.49. The van der Waals surface area contributed by atoms with E-state index in [1.165, 1.54) is 14.0 Å². The highest BCUT2D eigenvalue weighted by atomic mass is 16.7. The highest BCUT2D eigenvalue weighted by Crippen LogP contribution is 2.41. The van der Waals surface area contributed by atoms with E-state index in [2.05, 4.69) is 10.5 Å². The number of ether oxygens (including phenoxy) is 7. The maximum atomic E-state index is 14.3. The minimum atomic E-state index is -1.96. The number of hydrogen-bond donors (Lipinski definition) is 6. The van der Waals surface area contributed by atoms with Gasteiger partial charge in [0.25, 0.3) is 0 Å². The summed E-state index contributed by atoms with van der Waals surface area (Å²) in [5.74, 6) is -4.10. The van der Waals surface area contributed by atoms with Crippen LogP contribution in [-0.4, -0.2) is 175 Å². The fourth-order valence-corrected chi connectivity index (χ4v) is 8.96. The van der Waals surface area contributed by atoms with Crippen molar-refractivity contribution in [1.82, 2.24) is 10.2 Å². The quantitative estimate of drug-likeness (QED) is 0.0674. The largest absolute Gasteiger partial charge is 0.459 e. The van der Waals surface area contributed by atoms with Crippen LogP contribution in [0.3, 0.4) is 0 Å². The minimum absolute atomic E-state index is 0.0207. The van der Waals surface area contributed by atoms with Crippen LogP contribution in [0.15, 0.2) is 5.16 Å². The normalized spacial score (nSPS) is 45.8. The van der Waals surface area contributed by atoms with Gasteiger partial charge in [-0.05, 0) is 81.9 Å². The van der Waals surface area contributed by atoms with E-state index in [1.54, 1.807) is 55.5 Å². The van der Waals surface area contributed by atoms with Crippen LogP contribution >= 0.6 is 0 Å². The molecule has 0 radical (unpaired) electrons. The van der Waals surface area contributed by atoms with Gasteiger partial charge < -0.3 is 73.7 Å². The lowest BCUT2D eigenvalue weighted by atomic mass is 9.73. The third-order valence-electron chi connectivity index (χ3n) is 12.7. The van der Waals surface area contributed by atoms with Gasteiger partial charge in [-0.2, -0.15) is 0 Å². The first-order valence-electron chi connectivity index (χ1n) is 20.9. The van der Waals surface area contributed by atoms with Gasteiger partial charge >= 0.3 is 5.97 Å². The van der Waals surface area contributed by atoms with Crippen molar-refractivity contribution in [2.75, 3.05) is 48.2 Å². The molecule has 0 saturated carbocycles. The van der Waals surface area contributed by atoms with Crippen molar-refractivity contribution in [2.24, 2.45) is 28.8 Å². The number of nitrogens with one attached hydrogen (secondary N) is 1. The molecule has 6 N–H and O–H groups in total. The van der Waals surface area contributed by atoms with Crippen molar-refractivity contribution in [3.8, 4) is 0 Å². The van der Waals surface area contributed by atoms with E-state index in [4.69, 9.17) is 38.0 Å². The zero-order chi connectivity index (χ0) is 43.9. The second-order valence-electron chi connectivity index (χ2n) is 17.8. The molecule has 0 aromatic carbocycles. The lowest BCUT2D eigenvalue weighted by molar-refractivity contribution is -0.317. The molecule has 0 amide bonds. The summed E-state index contributed by atoms with van der Waals surface area (Å²) in [6.07, 6.45) is -9.42. The second kappa shape index (κ2) is 21.5. The van der Waals surface area contributed by atoms with E-state index < -0.39 is 102 Å². The summed E-state index contributed by atoms with van der Waals surface area (Å²) in [7, 11) is 7.02. The van der Waals surface area contributed by atoms with Crippen LogP contribution in [0.25, 0.3) is 0 Å². The van der Waals surface area contributed by atoms with E-state index in [9.17, 15) is 30.3 Å². The number of aliphatic hydroxyl groups excluding tert-OH is 3. The van der Waals surface area contributed by atoms with Gasteiger partial charge in [-0.25, -0.2) is 0 Å². The zero-order valence-corrected chi connectivity index (χ0v) is 37.4. The molecular weight excluding hydrogens is 758 g/mol. The number of methoxy groups -OCH3 is 1. The van der Waals surface area contributed by atoms with Crippen molar-refractivity contribution < 1.29 is 68.3 Å². The minimum Gasteiger partial charge on any atom is -0.459 e. The Balaban J connectivity index is 2.22. The summed E-state index contributed by atoms with van der Waals surface area (Å²) in [5.41, 5.74) is -4.46. The summed E-state index contributed by atoms with van der Waals surface area (Å²) in [4.78, 5) is 21.8.